The van der Waals surface area contributed by atoms with Crippen LogP contribution in [-0.2, 0) is 22.6 Å². The topological polar surface area (TPSA) is 99.2 Å². The molecule has 3 aromatic rings. The van der Waals surface area contributed by atoms with E-state index in [1.807, 2.05) is 17.6 Å². The zero-order valence-electron chi connectivity index (χ0n) is 15.5. The molecule has 0 saturated heterocycles. The fourth-order valence-electron chi connectivity index (χ4n) is 2.53. The molecule has 0 saturated carbocycles. The molecule has 1 aromatic carbocycles. The number of rotatable bonds is 8. The number of methoxy groups -OCH3 is 1. The Bertz CT molecular complexity index is 936. The third-order valence-corrected chi connectivity index (χ3v) is 4.94. The van der Waals surface area contributed by atoms with Crippen molar-refractivity contribution in [3.05, 3.63) is 53.8 Å². The summed E-state index contributed by atoms with van der Waals surface area (Å²) in [7, 11) is 1.34. The standard InChI is InChI=1S/C19H20N4O4S/c1-3-23-17(15-5-4-10-27-15)21-22-19(23)28-12-16(24)20-11-13-6-8-14(9-7-13)18(25)26-2/h4-10H,3,11-12H2,1-2H3,(H,20,24). The van der Waals surface area contributed by atoms with Crippen LogP contribution in [0.2, 0.25) is 0 Å². The number of carbonyl (C=O) groups is 2. The minimum absolute atomic E-state index is 0.118. The summed E-state index contributed by atoms with van der Waals surface area (Å²) in [6.45, 7) is 3.02. The molecule has 1 amide bonds. The van der Waals surface area contributed by atoms with Gasteiger partial charge in [0.15, 0.2) is 16.7 Å². The van der Waals surface area contributed by atoms with Crippen molar-refractivity contribution in [2.75, 3.05) is 12.9 Å². The number of benzene rings is 1. The lowest BCUT2D eigenvalue weighted by Crippen LogP contribution is -2.24. The molecule has 0 atom stereocenters. The zero-order chi connectivity index (χ0) is 19.9. The molecule has 0 radical (unpaired) electrons. The Morgan fingerprint density at radius 3 is 2.64 bits per heavy atom. The number of carbonyl (C=O) groups excluding carboxylic acids is 2. The second-order valence-corrected chi connectivity index (χ2v) is 6.72. The van der Waals surface area contributed by atoms with Gasteiger partial charge in [-0.1, -0.05) is 23.9 Å². The molecule has 0 aliphatic rings. The molecule has 1 N–H and O–H groups in total. The molecule has 0 aliphatic heterocycles. The van der Waals surface area contributed by atoms with Crippen molar-refractivity contribution < 1.29 is 18.7 Å². The smallest absolute Gasteiger partial charge is 0.337 e. The maximum atomic E-state index is 12.2. The maximum absolute atomic E-state index is 12.2. The monoisotopic (exact) mass is 400 g/mol. The van der Waals surface area contributed by atoms with Gasteiger partial charge in [0.25, 0.3) is 0 Å². The van der Waals surface area contributed by atoms with Crippen LogP contribution < -0.4 is 5.32 Å². The van der Waals surface area contributed by atoms with Gasteiger partial charge in [0.1, 0.15) is 0 Å². The van der Waals surface area contributed by atoms with Gasteiger partial charge in [-0.3, -0.25) is 9.36 Å². The van der Waals surface area contributed by atoms with Crippen molar-refractivity contribution in [1.29, 1.82) is 0 Å². The number of nitrogens with one attached hydrogen (secondary N) is 1. The van der Waals surface area contributed by atoms with E-state index in [2.05, 4.69) is 20.3 Å². The van der Waals surface area contributed by atoms with Crippen LogP contribution in [0, 0.1) is 0 Å². The van der Waals surface area contributed by atoms with Gasteiger partial charge in [-0.05, 0) is 36.8 Å². The van der Waals surface area contributed by atoms with Gasteiger partial charge >= 0.3 is 5.97 Å². The Balaban J connectivity index is 1.53. The first kappa shape index (κ1) is 19.7. The summed E-state index contributed by atoms with van der Waals surface area (Å²) < 4.78 is 11.9. The highest BCUT2D eigenvalue weighted by molar-refractivity contribution is 7.99. The fourth-order valence-corrected chi connectivity index (χ4v) is 3.36. The van der Waals surface area contributed by atoms with Crippen LogP contribution >= 0.6 is 11.8 Å². The van der Waals surface area contributed by atoms with Crippen molar-refractivity contribution in [2.24, 2.45) is 0 Å². The SMILES string of the molecule is CCn1c(SCC(=O)NCc2ccc(C(=O)OC)cc2)nnc1-c1ccco1. The van der Waals surface area contributed by atoms with Gasteiger partial charge in [-0.25, -0.2) is 4.79 Å². The van der Waals surface area contributed by atoms with Crippen LogP contribution in [0.25, 0.3) is 11.6 Å². The highest BCUT2D eigenvalue weighted by Crippen LogP contribution is 2.24. The van der Waals surface area contributed by atoms with Crippen molar-refractivity contribution >= 4 is 23.6 Å². The first-order valence-corrected chi connectivity index (χ1v) is 9.64. The number of furan rings is 1. The fraction of sp³-hybridized carbons (Fsp3) is 0.263. The predicted molar refractivity (Wildman–Crippen MR) is 104 cm³/mol. The zero-order valence-corrected chi connectivity index (χ0v) is 16.4. The Morgan fingerprint density at radius 2 is 2.00 bits per heavy atom. The highest BCUT2D eigenvalue weighted by Gasteiger charge is 2.16. The molecule has 0 unspecified atom stereocenters. The molecule has 0 fully saturated rings. The Kier molecular flexibility index (Phi) is 6.49. The summed E-state index contributed by atoms with van der Waals surface area (Å²) in [6, 6.07) is 10.5. The number of hydrogen-bond acceptors (Lipinski definition) is 7. The second kappa shape index (κ2) is 9.23. The first-order valence-electron chi connectivity index (χ1n) is 8.66. The Hall–Kier alpha value is -3.07. The molecule has 8 nitrogen and oxygen atoms in total. The van der Waals surface area contributed by atoms with Crippen LogP contribution in [0.5, 0.6) is 0 Å². The molecule has 0 aliphatic carbocycles. The van der Waals surface area contributed by atoms with E-state index in [9.17, 15) is 9.59 Å². The molecule has 3 rings (SSSR count). The summed E-state index contributed by atoms with van der Waals surface area (Å²) in [6.07, 6.45) is 1.59. The van der Waals surface area contributed by atoms with Gasteiger partial charge in [-0.2, -0.15) is 0 Å². The molecular weight excluding hydrogens is 380 g/mol. The molecule has 9 heteroatoms. The van der Waals surface area contributed by atoms with E-state index >= 15 is 0 Å². The van der Waals surface area contributed by atoms with E-state index in [0.717, 1.165) is 5.56 Å². The molecule has 28 heavy (non-hydrogen) atoms. The van der Waals surface area contributed by atoms with E-state index in [-0.39, 0.29) is 17.6 Å². The minimum Gasteiger partial charge on any atom is -0.465 e. The number of esters is 1. The van der Waals surface area contributed by atoms with Gasteiger partial charge in [-0.15, -0.1) is 10.2 Å². The third-order valence-electron chi connectivity index (χ3n) is 3.97. The number of thioether (sulfide) groups is 1. The third kappa shape index (κ3) is 4.61. The Labute approximate surface area is 166 Å². The van der Waals surface area contributed by atoms with Crippen molar-refractivity contribution in [3.63, 3.8) is 0 Å². The van der Waals surface area contributed by atoms with Crippen LogP contribution in [0.15, 0.2) is 52.2 Å². The molecule has 146 valence electrons. The van der Waals surface area contributed by atoms with Gasteiger partial charge < -0.3 is 14.5 Å². The number of aromatic nitrogens is 3. The lowest BCUT2D eigenvalue weighted by atomic mass is 10.1. The number of nitrogens with zero attached hydrogens (tertiary/aromatic N) is 3. The van der Waals surface area contributed by atoms with Crippen LogP contribution in [-0.4, -0.2) is 39.5 Å². The van der Waals surface area contributed by atoms with E-state index in [1.165, 1.54) is 18.9 Å². The first-order chi connectivity index (χ1) is 13.6. The van der Waals surface area contributed by atoms with Gasteiger partial charge in [0, 0.05) is 13.1 Å². The van der Waals surface area contributed by atoms with Crippen LogP contribution in [0.3, 0.4) is 0 Å². The van der Waals surface area contributed by atoms with E-state index in [0.29, 0.717) is 35.4 Å². The summed E-state index contributed by atoms with van der Waals surface area (Å²) in [4.78, 5) is 23.6. The highest BCUT2D eigenvalue weighted by atomic mass is 32.2. The van der Waals surface area contributed by atoms with E-state index in [4.69, 9.17) is 4.42 Å². The average Bonchev–Trinajstić information content (AvgIpc) is 3.39. The number of hydrogen-bond donors (Lipinski definition) is 1. The summed E-state index contributed by atoms with van der Waals surface area (Å²) >= 11 is 1.32. The molecule has 2 heterocycles. The average molecular weight is 400 g/mol. The molecule has 0 bridgehead atoms. The summed E-state index contributed by atoms with van der Waals surface area (Å²) in [5, 5.41) is 11.8. The van der Waals surface area contributed by atoms with Crippen molar-refractivity contribution in [3.8, 4) is 11.6 Å². The molecule has 2 aromatic heterocycles. The minimum atomic E-state index is -0.388. The van der Waals surface area contributed by atoms with Gasteiger partial charge in [0.05, 0.1) is 24.7 Å². The maximum Gasteiger partial charge on any atom is 0.337 e. The lowest BCUT2D eigenvalue weighted by molar-refractivity contribution is -0.118. The number of ether oxygens (including phenoxy) is 1. The van der Waals surface area contributed by atoms with E-state index in [1.54, 1.807) is 36.6 Å². The number of amides is 1. The van der Waals surface area contributed by atoms with Crippen molar-refractivity contribution in [2.45, 2.75) is 25.2 Å². The largest absolute Gasteiger partial charge is 0.465 e. The lowest BCUT2D eigenvalue weighted by Gasteiger charge is -2.07. The summed E-state index contributed by atoms with van der Waals surface area (Å²) in [5.74, 6) is 0.992. The molecule has 0 spiro atoms. The van der Waals surface area contributed by atoms with E-state index < -0.39 is 0 Å². The van der Waals surface area contributed by atoms with Gasteiger partial charge in [0.2, 0.25) is 5.91 Å². The quantitative estimate of drug-likeness (QED) is 0.458. The second-order valence-electron chi connectivity index (χ2n) is 5.78. The van der Waals surface area contributed by atoms with Crippen LogP contribution in [0.4, 0.5) is 0 Å². The normalized spacial score (nSPS) is 10.6. The summed E-state index contributed by atoms with van der Waals surface area (Å²) in [5.41, 5.74) is 1.36. The van der Waals surface area contributed by atoms with Crippen LogP contribution in [0.1, 0.15) is 22.8 Å². The predicted octanol–water partition coefficient (Wildman–Crippen LogP) is 2.75. The van der Waals surface area contributed by atoms with Crippen molar-refractivity contribution in [1.82, 2.24) is 20.1 Å². The Morgan fingerprint density at radius 1 is 1.21 bits per heavy atom. The molecular formula is C19H20N4O4S.